The zero-order chi connectivity index (χ0) is 16.8. The van der Waals surface area contributed by atoms with Crippen molar-refractivity contribution in [3.05, 3.63) is 24.3 Å². The molecule has 126 valence electrons. The number of hydrogen-bond acceptors (Lipinski definition) is 5. The van der Waals surface area contributed by atoms with Gasteiger partial charge in [0.15, 0.2) is 0 Å². The highest BCUT2D eigenvalue weighted by Crippen LogP contribution is 2.06. The van der Waals surface area contributed by atoms with E-state index in [0.29, 0.717) is 25.1 Å². The van der Waals surface area contributed by atoms with Crippen LogP contribution in [0.2, 0.25) is 0 Å². The molecule has 3 N–H and O–H groups in total. The van der Waals surface area contributed by atoms with Gasteiger partial charge in [0.1, 0.15) is 0 Å². The van der Waals surface area contributed by atoms with E-state index in [-0.39, 0.29) is 17.1 Å². The molecule has 0 aliphatic heterocycles. The summed E-state index contributed by atoms with van der Waals surface area (Å²) in [5, 5.41) is 21.3. The molecule has 0 aromatic heterocycles. The predicted octanol–water partition coefficient (Wildman–Crippen LogP) is 1.80. The Kier molecular flexibility index (Phi) is 12.9. The second kappa shape index (κ2) is 13.5. The minimum absolute atomic E-state index is 0.0253. The minimum Gasteiger partial charge on any atom is -0.393 e. The van der Waals surface area contributed by atoms with Crippen molar-refractivity contribution >= 4 is 22.8 Å². The van der Waals surface area contributed by atoms with Crippen molar-refractivity contribution in [1.29, 1.82) is 0 Å². The summed E-state index contributed by atoms with van der Waals surface area (Å²) < 4.78 is 0. The van der Waals surface area contributed by atoms with Gasteiger partial charge in [-0.25, -0.2) is 0 Å². The molecule has 5 nitrogen and oxygen atoms in total. The van der Waals surface area contributed by atoms with Gasteiger partial charge >= 0.3 is 0 Å². The van der Waals surface area contributed by atoms with Crippen molar-refractivity contribution in [1.82, 2.24) is 5.32 Å². The SMILES string of the molecule is CC(=O)NCCSC(=O)/C=C/CCC[C@H](O)/C=C/CC(C)O. The molecule has 0 aliphatic carbocycles. The second-order valence-corrected chi connectivity index (χ2v) is 6.16. The number of unbranched alkanes of at least 4 members (excludes halogenated alkanes) is 1. The molecule has 1 amide bonds. The normalized spacial score (nSPS) is 14.4. The zero-order valence-corrected chi connectivity index (χ0v) is 14.1. The summed E-state index contributed by atoms with van der Waals surface area (Å²) in [6, 6.07) is 0. The molecule has 6 heteroatoms. The summed E-state index contributed by atoms with van der Waals surface area (Å²) in [5.41, 5.74) is 0. The van der Waals surface area contributed by atoms with E-state index in [1.807, 2.05) is 0 Å². The monoisotopic (exact) mass is 329 g/mol. The maximum absolute atomic E-state index is 11.5. The van der Waals surface area contributed by atoms with Gasteiger partial charge in [-0.2, -0.15) is 0 Å². The average molecular weight is 329 g/mol. The molecule has 0 heterocycles. The third kappa shape index (κ3) is 15.3. The molecule has 0 saturated carbocycles. The van der Waals surface area contributed by atoms with Gasteiger partial charge in [-0.1, -0.05) is 30.0 Å². The summed E-state index contributed by atoms with van der Waals surface area (Å²) >= 11 is 1.17. The lowest BCUT2D eigenvalue weighted by Gasteiger charge is -2.04. The largest absolute Gasteiger partial charge is 0.393 e. The van der Waals surface area contributed by atoms with Crippen molar-refractivity contribution in [3.63, 3.8) is 0 Å². The Morgan fingerprint density at radius 2 is 2.00 bits per heavy atom. The van der Waals surface area contributed by atoms with E-state index in [0.717, 1.165) is 12.8 Å². The van der Waals surface area contributed by atoms with E-state index in [1.165, 1.54) is 24.8 Å². The standard InChI is InChI=1S/C16H27NO4S/c1-13(18)7-6-9-15(20)8-4-3-5-10-16(21)22-12-11-17-14(2)19/h5-6,9-10,13,15,18,20H,3-4,7-8,11-12H2,1-2H3,(H,17,19)/b9-6+,10-5+/t13?,15-/m0/s1. The van der Waals surface area contributed by atoms with Crippen LogP contribution < -0.4 is 5.32 Å². The Labute approximate surface area is 136 Å². The first-order chi connectivity index (χ1) is 10.4. The topological polar surface area (TPSA) is 86.6 Å². The second-order valence-electron chi connectivity index (χ2n) is 5.06. The van der Waals surface area contributed by atoms with Gasteiger partial charge in [0.25, 0.3) is 0 Å². The Morgan fingerprint density at radius 1 is 1.27 bits per heavy atom. The first kappa shape index (κ1) is 20.9. The number of thioether (sulfide) groups is 1. The fourth-order valence-electron chi connectivity index (χ4n) is 1.58. The van der Waals surface area contributed by atoms with E-state index in [1.54, 1.807) is 25.2 Å². The van der Waals surface area contributed by atoms with Gasteiger partial charge in [-0.15, -0.1) is 0 Å². The lowest BCUT2D eigenvalue weighted by Crippen LogP contribution is -2.22. The maximum Gasteiger partial charge on any atom is 0.216 e. The number of nitrogens with one attached hydrogen (secondary N) is 1. The van der Waals surface area contributed by atoms with E-state index in [9.17, 15) is 14.7 Å². The summed E-state index contributed by atoms with van der Waals surface area (Å²) in [6.07, 6.45) is 8.62. The molecule has 0 aromatic rings. The summed E-state index contributed by atoms with van der Waals surface area (Å²) in [6.45, 7) is 3.64. The Bertz CT molecular complexity index is 380. The molecule has 0 bridgehead atoms. The van der Waals surface area contributed by atoms with Gasteiger partial charge in [0.05, 0.1) is 12.2 Å². The van der Waals surface area contributed by atoms with Gasteiger partial charge in [0, 0.05) is 19.2 Å². The minimum atomic E-state index is -0.505. The molecule has 0 spiro atoms. The van der Waals surface area contributed by atoms with Crippen LogP contribution in [0.25, 0.3) is 0 Å². The molecule has 0 fully saturated rings. The first-order valence-corrected chi connectivity index (χ1v) is 8.51. The first-order valence-electron chi connectivity index (χ1n) is 7.52. The molecular weight excluding hydrogens is 302 g/mol. The van der Waals surface area contributed by atoms with Crippen LogP contribution in [0.3, 0.4) is 0 Å². The van der Waals surface area contributed by atoms with Crippen molar-refractivity contribution < 1.29 is 19.8 Å². The van der Waals surface area contributed by atoms with Crippen LogP contribution in [0.1, 0.15) is 39.5 Å². The quantitative estimate of drug-likeness (QED) is 0.306. The fourth-order valence-corrected chi connectivity index (χ4v) is 2.18. The maximum atomic E-state index is 11.5. The smallest absolute Gasteiger partial charge is 0.216 e. The van der Waals surface area contributed by atoms with E-state index < -0.39 is 6.10 Å². The Morgan fingerprint density at radius 3 is 2.64 bits per heavy atom. The molecule has 0 rings (SSSR count). The number of rotatable bonds is 11. The van der Waals surface area contributed by atoms with Crippen LogP contribution in [0.5, 0.6) is 0 Å². The van der Waals surface area contributed by atoms with E-state index in [2.05, 4.69) is 5.32 Å². The number of carbonyl (C=O) groups excluding carboxylic acids is 2. The number of aliphatic hydroxyl groups is 2. The zero-order valence-electron chi connectivity index (χ0n) is 13.3. The van der Waals surface area contributed by atoms with Gasteiger partial charge in [-0.3, -0.25) is 9.59 Å². The third-order valence-corrected chi connectivity index (χ3v) is 3.51. The van der Waals surface area contributed by atoms with E-state index in [4.69, 9.17) is 5.11 Å². The van der Waals surface area contributed by atoms with Crippen molar-refractivity contribution in [2.45, 2.75) is 51.7 Å². The highest BCUT2D eigenvalue weighted by atomic mass is 32.2. The summed E-state index contributed by atoms with van der Waals surface area (Å²) in [4.78, 5) is 22.1. The van der Waals surface area contributed by atoms with Gasteiger partial charge in [0.2, 0.25) is 11.0 Å². The number of hydrogen-bond donors (Lipinski definition) is 3. The average Bonchev–Trinajstić information content (AvgIpc) is 2.42. The lowest BCUT2D eigenvalue weighted by molar-refractivity contribution is -0.118. The number of carbonyl (C=O) groups is 2. The van der Waals surface area contributed by atoms with Crippen LogP contribution in [0, 0.1) is 0 Å². The van der Waals surface area contributed by atoms with Crippen LogP contribution in [0.4, 0.5) is 0 Å². The molecular formula is C16H27NO4S. The molecule has 1 unspecified atom stereocenters. The summed E-state index contributed by atoms with van der Waals surface area (Å²) in [5.74, 6) is 0.472. The fraction of sp³-hybridized carbons (Fsp3) is 0.625. The summed E-state index contributed by atoms with van der Waals surface area (Å²) in [7, 11) is 0. The molecule has 0 aromatic carbocycles. The Hall–Kier alpha value is -1.11. The lowest BCUT2D eigenvalue weighted by atomic mass is 10.1. The van der Waals surface area contributed by atoms with Crippen LogP contribution >= 0.6 is 11.8 Å². The highest BCUT2D eigenvalue weighted by Gasteiger charge is 2.00. The van der Waals surface area contributed by atoms with Gasteiger partial charge < -0.3 is 15.5 Å². The van der Waals surface area contributed by atoms with Crippen LogP contribution in [-0.2, 0) is 9.59 Å². The molecule has 0 radical (unpaired) electrons. The Balaban J connectivity index is 3.62. The molecule has 22 heavy (non-hydrogen) atoms. The highest BCUT2D eigenvalue weighted by molar-refractivity contribution is 8.14. The van der Waals surface area contributed by atoms with E-state index >= 15 is 0 Å². The van der Waals surface area contributed by atoms with Crippen molar-refractivity contribution in [2.75, 3.05) is 12.3 Å². The third-order valence-electron chi connectivity index (χ3n) is 2.68. The van der Waals surface area contributed by atoms with Crippen LogP contribution in [0.15, 0.2) is 24.3 Å². The van der Waals surface area contributed by atoms with Crippen LogP contribution in [-0.4, -0.2) is 45.7 Å². The molecule has 0 aliphatic rings. The molecule has 2 atom stereocenters. The molecule has 0 saturated heterocycles. The predicted molar refractivity (Wildman–Crippen MR) is 90.6 cm³/mol. The van der Waals surface area contributed by atoms with Crippen molar-refractivity contribution in [3.8, 4) is 0 Å². The van der Waals surface area contributed by atoms with Crippen molar-refractivity contribution in [2.24, 2.45) is 0 Å². The number of aliphatic hydroxyl groups excluding tert-OH is 2. The number of amides is 1. The number of allylic oxidation sites excluding steroid dienone is 1. The van der Waals surface area contributed by atoms with Gasteiger partial charge in [-0.05, 0) is 38.7 Å².